The van der Waals surface area contributed by atoms with E-state index in [0.29, 0.717) is 23.2 Å². The molecule has 4 rings (SSSR count). The summed E-state index contributed by atoms with van der Waals surface area (Å²) in [6.45, 7) is 3.41. The van der Waals surface area contributed by atoms with Gasteiger partial charge in [0.1, 0.15) is 5.56 Å². The van der Waals surface area contributed by atoms with E-state index in [2.05, 4.69) is 15.4 Å². The van der Waals surface area contributed by atoms with Crippen LogP contribution >= 0.6 is 11.3 Å². The Kier molecular flexibility index (Phi) is 3.07. The van der Waals surface area contributed by atoms with Crippen molar-refractivity contribution >= 4 is 32.6 Å². The molecule has 0 bridgehead atoms. The van der Waals surface area contributed by atoms with Crippen LogP contribution in [0.5, 0.6) is 5.88 Å². The molecule has 6 nitrogen and oxygen atoms in total. The molecular formula is C15H14N4O2S. The Hall–Kier alpha value is -2.41. The molecule has 112 valence electrons. The number of amides is 1. The summed E-state index contributed by atoms with van der Waals surface area (Å²) in [6.07, 6.45) is 2.46. The van der Waals surface area contributed by atoms with Gasteiger partial charge in [-0.1, -0.05) is 23.5 Å². The van der Waals surface area contributed by atoms with Crippen LogP contribution in [-0.2, 0) is 6.54 Å². The SMILES string of the molecule is Cc1cccc2sc(NC(=O)c3cnn4c3OCCC4)nc12. The van der Waals surface area contributed by atoms with Gasteiger partial charge in [-0.3, -0.25) is 10.1 Å². The molecule has 0 saturated heterocycles. The maximum atomic E-state index is 12.4. The minimum absolute atomic E-state index is 0.236. The van der Waals surface area contributed by atoms with E-state index in [-0.39, 0.29) is 5.91 Å². The van der Waals surface area contributed by atoms with Crippen LogP contribution < -0.4 is 10.1 Å². The average molecular weight is 314 g/mol. The molecule has 0 unspecified atom stereocenters. The number of anilines is 1. The molecule has 0 atom stereocenters. The van der Waals surface area contributed by atoms with Crippen LogP contribution in [0.1, 0.15) is 22.3 Å². The molecule has 0 saturated carbocycles. The van der Waals surface area contributed by atoms with Crippen molar-refractivity contribution in [2.45, 2.75) is 19.9 Å². The first-order chi connectivity index (χ1) is 10.7. The summed E-state index contributed by atoms with van der Waals surface area (Å²) >= 11 is 1.46. The fourth-order valence-corrected chi connectivity index (χ4v) is 3.47. The van der Waals surface area contributed by atoms with Gasteiger partial charge in [0.2, 0.25) is 5.88 Å². The van der Waals surface area contributed by atoms with E-state index in [4.69, 9.17) is 4.74 Å². The Morgan fingerprint density at radius 2 is 2.36 bits per heavy atom. The number of fused-ring (bicyclic) bond motifs is 2. The zero-order valence-electron chi connectivity index (χ0n) is 12.0. The van der Waals surface area contributed by atoms with Crippen molar-refractivity contribution in [2.75, 3.05) is 11.9 Å². The molecule has 0 spiro atoms. The Morgan fingerprint density at radius 1 is 1.45 bits per heavy atom. The second kappa shape index (κ2) is 5.10. The molecule has 0 aliphatic carbocycles. The van der Waals surface area contributed by atoms with E-state index in [1.807, 2.05) is 25.1 Å². The molecule has 3 aromatic rings. The maximum absolute atomic E-state index is 12.4. The molecule has 1 aliphatic heterocycles. The number of nitrogens with zero attached hydrogens (tertiary/aromatic N) is 3. The molecule has 7 heteroatoms. The summed E-state index contributed by atoms with van der Waals surface area (Å²) in [6, 6.07) is 6.00. The van der Waals surface area contributed by atoms with E-state index < -0.39 is 0 Å². The van der Waals surface area contributed by atoms with Gasteiger partial charge in [-0.05, 0) is 18.6 Å². The molecule has 2 aromatic heterocycles. The minimum Gasteiger partial charge on any atom is -0.477 e. The molecule has 1 N–H and O–H groups in total. The van der Waals surface area contributed by atoms with E-state index in [9.17, 15) is 4.79 Å². The lowest BCUT2D eigenvalue weighted by Crippen LogP contribution is -2.18. The summed E-state index contributed by atoms with van der Waals surface area (Å²) in [7, 11) is 0. The lowest BCUT2D eigenvalue weighted by molar-refractivity contribution is 0.102. The second-order valence-corrected chi connectivity index (χ2v) is 6.21. The number of carbonyl (C=O) groups is 1. The number of nitrogens with one attached hydrogen (secondary N) is 1. The van der Waals surface area contributed by atoms with Gasteiger partial charge in [0, 0.05) is 13.0 Å². The number of para-hydroxylation sites is 1. The number of hydrogen-bond donors (Lipinski definition) is 1. The third kappa shape index (κ3) is 2.14. The largest absolute Gasteiger partial charge is 0.477 e. The standard InChI is InChI=1S/C15H14N4O2S/c1-9-4-2-5-11-12(9)17-15(22-11)18-13(20)10-8-16-19-6-3-7-21-14(10)19/h2,4-5,8H,3,6-7H2,1H3,(H,17,18,20). The highest BCUT2D eigenvalue weighted by Gasteiger charge is 2.22. The van der Waals surface area contributed by atoms with Crippen molar-refractivity contribution < 1.29 is 9.53 Å². The predicted molar refractivity (Wildman–Crippen MR) is 84.6 cm³/mol. The molecule has 1 amide bonds. The number of hydrogen-bond acceptors (Lipinski definition) is 5. The lowest BCUT2D eigenvalue weighted by Gasteiger charge is -2.15. The summed E-state index contributed by atoms with van der Waals surface area (Å²) in [4.78, 5) is 16.9. The Morgan fingerprint density at radius 3 is 3.23 bits per heavy atom. The minimum atomic E-state index is -0.236. The summed E-state index contributed by atoms with van der Waals surface area (Å²) in [5.74, 6) is 0.306. The molecule has 1 aromatic carbocycles. The number of ether oxygens (including phenoxy) is 1. The molecule has 22 heavy (non-hydrogen) atoms. The first-order valence-corrected chi connectivity index (χ1v) is 7.90. The van der Waals surface area contributed by atoms with Crippen LogP contribution in [0.3, 0.4) is 0 Å². The van der Waals surface area contributed by atoms with Gasteiger partial charge in [-0.2, -0.15) is 5.10 Å². The number of aryl methyl sites for hydroxylation is 2. The molecule has 3 heterocycles. The van der Waals surface area contributed by atoms with Crippen LogP contribution in [0, 0.1) is 6.92 Å². The Balaban J connectivity index is 1.63. The molecule has 0 fully saturated rings. The lowest BCUT2D eigenvalue weighted by atomic mass is 10.2. The monoisotopic (exact) mass is 314 g/mol. The van der Waals surface area contributed by atoms with Gasteiger partial charge >= 0.3 is 0 Å². The fraction of sp³-hybridized carbons (Fsp3) is 0.267. The normalized spacial score (nSPS) is 13.7. The highest BCUT2D eigenvalue weighted by atomic mass is 32.1. The van der Waals surface area contributed by atoms with E-state index in [0.717, 1.165) is 28.7 Å². The summed E-state index contributed by atoms with van der Waals surface area (Å²) in [5.41, 5.74) is 2.48. The zero-order valence-corrected chi connectivity index (χ0v) is 12.8. The average Bonchev–Trinajstić information content (AvgIpc) is 3.11. The van der Waals surface area contributed by atoms with E-state index in [1.54, 1.807) is 10.9 Å². The number of aromatic nitrogens is 3. The second-order valence-electron chi connectivity index (χ2n) is 5.18. The van der Waals surface area contributed by atoms with Gasteiger partial charge < -0.3 is 4.74 Å². The van der Waals surface area contributed by atoms with Crippen LogP contribution in [-0.4, -0.2) is 27.3 Å². The van der Waals surface area contributed by atoms with Gasteiger partial charge in [-0.25, -0.2) is 9.67 Å². The van der Waals surface area contributed by atoms with Gasteiger partial charge in [0.15, 0.2) is 5.13 Å². The first-order valence-electron chi connectivity index (χ1n) is 7.08. The number of benzene rings is 1. The Bertz CT molecular complexity index is 868. The van der Waals surface area contributed by atoms with Gasteiger partial charge in [0.05, 0.1) is 23.0 Å². The molecular weight excluding hydrogens is 300 g/mol. The van der Waals surface area contributed by atoms with Crippen LogP contribution in [0.4, 0.5) is 5.13 Å². The number of thiazole rings is 1. The quantitative estimate of drug-likeness (QED) is 0.789. The fourth-order valence-electron chi connectivity index (χ4n) is 2.53. The van der Waals surface area contributed by atoms with Crippen molar-refractivity contribution in [3.63, 3.8) is 0 Å². The number of carbonyl (C=O) groups excluding carboxylic acids is 1. The van der Waals surface area contributed by atoms with Crippen molar-refractivity contribution in [1.29, 1.82) is 0 Å². The third-order valence-corrected chi connectivity index (χ3v) is 4.57. The van der Waals surface area contributed by atoms with E-state index in [1.165, 1.54) is 11.3 Å². The van der Waals surface area contributed by atoms with E-state index >= 15 is 0 Å². The number of rotatable bonds is 2. The first kappa shape index (κ1) is 13.3. The summed E-state index contributed by atoms with van der Waals surface area (Å²) < 4.78 is 8.34. The van der Waals surface area contributed by atoms with Gasteiger partial charge in [-0.15, -0.1) is 0 Å². The van der Waals surface area contributed by atoms with Crippen molar-refractivity contribution in [3.05, 3.63) is 35.5 Å². The predicted octanol–water partition coefficient (Wildman–Crippen LogP) is 2.84. The molecule has 1 aliphatic rings. The van der Waals surface area contributed by atoms with Crippen LogP contribution in [0.2, 0.25) is 0 Å². The Labute approximate surface area is 130 Å². The highest BCUT2D eigenvalue weighted by Crippen LogP contribution is 2.29. The van der Waals surface area contributed by atoms with Crippen LogP contribution in [0.15, 0.2) is 24.4 Å². The summed E-state index contributed by atoms with van der Waals surface area (Å²) in [5, 5.41) is 7.62. The van der Waals surface area contributed by atoms with Gasteiger partial charge in [0.25, 0.3) is 5.91 Å². The zero-order chi connectivity index (χ0) is 15.1. The van der Waals surface area contributed by atoms with Crippen molar-refractivity contribution in [3.8, 4) is 5.88 Å². The van der Waals surface area contributed by atoms with Crippen LogP contribution in [0.25, 0.3) is 10.2 Å². The van der Waals surface area contributed by atoms with Crippen molar-refractivity contribution in [1.82, 2.24) is 14.8 Å². The smallest absolute Gasteiger partial charge is 0.264 e. The maximum Gasteiger partial charge on any atom is 0.264 e. The third-order valence-electron chi connectivity index (χ3n) is 3.63. The van der Waals surface area contributed by atoms with Crippen molar-refractivity contribution in [2.24, 2.45) is 0 Å². The topological polar surface area (TPSA) is 69.0 Å². The highest BCUT2D eigenvalue weighted by molar-refractivity contribution is 7.22. The molecule has 0 radical (unpaired) electrons.